The van der Waals surface area contributed by atoms with Gasteiger partial charge in [0.2, 0.25) is 10.0 Å². The number of rotatable bonds is 3. The topological polar surface area (TPSA) is 66.8 Å². The van der Waals surface area contributed by atoms with E-state index in [-0.39, 0.29) is 18.8 Å². The van der Waals surface area contributed by atoms with Crippen LogP contribution in [0.25, 0.3) is 0 Å². The summed E-state index contributed by atoms with van der Waals surface area (Å²) in [4.78, 5) is 0.297. The van der Waals surface area contributed by atoms with E-state index in [4.69, 9.17) is 9.84 Å². The molecule has 2 atom stereocenters. The van der Waals surface area contributed by atoms with Crippen molar-refractivity contribution in [3.8, 4) is 0 Å². The predicted octanol–water partition coefficient (Wildman–Crippen LogP) is 1.51. The van der Waals surface area contributed by atoms with Crippen molar-refractivity contribution in [3.63, 3.8) is 0 Å². The summed E-state index contributed by atoms with van der Waals surface area (Å²) in [7, 11) is -3.49. The fourth-order valence-corrected chi connectivity index (χ4v) is 4.93. The maximum Gasteiger partial charge on any atom is 0.243 e. The zero-order chi connectivity index (χ0) is 14.9. The van der Waals surface area contributed by atoms with Crippen LogP contribution in [-0.4, -0.2) is 43.1 Å². The van der Waals surface area contributed by atoms with Crippen molar-refractivity contribution in [1.82, 2.24) is 4.31 Å². The van der Waals surface area contributed by atoms with Gasteiger partial charge in [-0.05, 0) is 30.5 Å². The molecule has 1 saturated carbocycles. The molecule has 0 aromatic heterocycles. The Hall–Kier alpha value is -0.950. The van der Waals surface area contributed by atoms with E-state index in [1.807, 2.05) is 0 Å². The van der Waals surface area contributed by atoms with Crippen LogP contribution in [0.5, 0.6) is 0 Å². The molecule has 6 heteroatoms. The first-order valence-electron chi connectivity index (χ1n) is 7.46. The fraction of sp³-hybridized carbons (Fsp3) is 0.600. The number of ether oxygens (including phenoxy) is 1. The number of nitrogens with zero attached hydrogens (tertiary/aromatic N) is 1. The molecule has 1 aliphatic carbocycles. The second-order valence-corrected chi connectivity index (χ2v) is 7.57. The molecule has 116 valence electrons. The summed E-state index contributed by atoms with van der Waals surface area (Å²) < 4.78 is 33.1. The Morgan fingerprint density at radius 3 is 2.62 bits per heavy atom. The van der Waals surface area contributed by atoms with Crippen LogP contribution in [0.1, 0.15) is 31.2 Å². The Balaban J connectivity index is 1.88. The molecule has 5 nitrogen and oxygen atoms in total. The monoisotopic (exact) mass is 311 g/mol. The van der Waals surface area contributed by atoms with Crippen molar-refractivity contribution in [3.05, 3.63) is 29.8 Å². The normalized spacial score (nSPS) is 27.3. The Labute approximate surface area is 125 Å². The first kappa shape index (κ1) is 15.0. The highest BCUT2D eigenvalue weighted by Crippen LogP contribution is 2.32. The van der Waals surface area contributed by atoms with Gasteiger partial charge in [0.25, 0.3) is 0 Å². The van der Waals surface area contributed by atoms with Crippen molar-refractivity contribution < 1.29 is 18.3 Å². The lowest BCUT2D eigenvalue weighted by molar-refractivity contribution is -0.0586. The van der Waals surface area contributed by atoms with Gasteiger partial charge in [0.15, 0.2) is 0 Å². The summed E-state index contributed by atoms with van der Waals surface area (Å²) in [6.45, 7) is 0.808. The summed E-state index contributed by atoms with van der Waals surface area (Å²) in [5.74, 6) is 0. The summed E-state index contributed by atoms with van der Waals surface area (Å²) in [6.07, 6.45) is 4.03. The molecule has 1 aromatic rings. The molecule has 2 aliphatic rings. The number of fused-ring (bicyclic) bond motifs is 1. The molecule has 0 radical (unpaired) electrons. The molecular formula is C15H21NO4S. The van der Waals surface area contributed by atoms with Crippen LogP contribution in [0.3, 0.4) is 0 Å². The van der Waals surface area contributed by atoms with Crippen molar-refractivity contribution in [2.24, 2.45) is 0 Å². The van der Waals surface area contributed by atoms with Crippen LogP contribution in [0.2, 0.25) is 0 Å². The number of benzene rings is 1. The predicted molar refractivity (Wildman–Crippen MR) is 78.3 cm³/mol. The standard InChI is InChI=1S/C15H21NO4S/c17-11-12-5-7-13(8-6-12)21(18,19)16-9-10-20-15-4-2-1-3-14(15)16/h5-8,14-15,17H,1-4,9-11H2. The lowest BCUT2D eigenvalue weighted by Gasteiger charge is -2.42. The van der Waals surface area contributed by atoms with Gasteiger partial charge >= 0.3 is 0 Å². The molecule has 2 fully saturated rings. The first-order chi connectivity index (χ1) is 10.1. The quantitative estimate of drug-likeness (QED) is 0.919. The summed E-state index contributed by atoms with van der Waals surface area (Å²) >= 11 is 0. The largest absolute Gasteiger partial charge is 0.392 e. The number of morpholine rings is 1. The maximum atomic E-state index is 12.8. The van der Waals surface area contributed by atoms with Gasteiger partial charge in [-0.3, -0.25) is 0 Å². The van der Waals surface area contributed by atoms with Gasteiger partial charge in [-0.1, -0.05) is 25.0 Å². The lowest BCUT2D eigenvalue weighted by atomic mass is 9.91. The highest BCUT2D eigenvalue weighted by molar-refractivity contribution is 7.89. The van der Waals surface area contributed by atoms with Crippen LogP contribution in [-0.2, 0) is 21.4 Å². The summed E-state index contributed by atoms with van der Waals surface area (Å²) in [5, 5.41) is 9.06. The smallest absolute Gasteiger partial charge is 0.243 e. The molecule has 21 heavy (non-hydrogen) atoms. The molecule has 1 N–H and O–H groups in total. The van der Waals surface area contributed by atoms with E-state index in [2.05, 4.69) is 0 Å². The first-order valence-corrected chi connectivity index (χ1v) is 8.90. The molecule has 2 unspecified atom stereocenters. The van der Waals surface area contributed by atoms with E-state index in [0.717, 1.165) is 25.7 Å². The second kappa shape index (κ2) is 6.04. The van der Waals surface area contributed by atoms with E-state index in [0.29, 0.717) is 23.6 Å². The highest BCUT2D eigenvalue weighted by Gasteiger charge is 2.40. The molecule has 3 rings (SSSR count). The van der Waals surface area contributed by atoms with Crippen LogP contribution in [0.4, 0.5) is 0 Å². The van der Waals surface area contributed by atoms with E-state index in [1.165, 1.54) is 0 Å². The molecular weight excluding hydrogens is 290 g/mol. The van der Waals surface area contributed by atoms with Crippen LogP contribution < -0.4 is 0 Å². The molecule has 0 amide bonds. The Bertz CT molecular complexity index is 582. The van der Waals surface area contributed by atoms with Gasteiger partial charge in [0.05, 0.1) is 30.3 Å². The van der Waals surface area contributed by atoms with Gasteiger partial charge < -0.3 is 9.84 Å². The van der Waals surface area contributed by atoms with Crippen molar-refractivity contribution in [2.45, 2.75) is 49.3 Å². The van der Waals surface area contributed by atoms with Crippen molar-refractivity contribution >= 4 is 10.0 Å². The Morgan fingerprint density at radius 2 is 1.90 bits per heavy atom. The number of aliphatic hydroxyl groups is 1. The van der Waals surface area contributed by atoms with Crippen LogP contribution in [0.15, 0.2) is 29.2 Å². The SMILES string of the molecule is O=S(=O)(c1ccc(CO)cc1)N1CCOC2CCCCC21. The zero-order valence-corrected chi connectivity index (χ0v) is 12.8. The van der Waals surface area contributed by atoms with Gasteiger partial charge in [-0.15, -0.1) is 0 Å². The van der Waals surface area contributed by atoms with Gasteiger partial charge in [-0.25, -0.2) is 8.42 Å². The minimum absolute atomic E-state index is 0.0324. The molecule has 1 aromatic carbocycles. The molecule has 1 aliphatic heterocycles. The summed E-state index contributed by atoms with van der Waals surface area (Å²) in [5.41, 5.74) is 0.714. The molecule has 0 spiro atoms. The molecule has 1 saturated heterocycles. The van der Waals surface area contributed by atoms with Crippen molar-refractivity contribution in [1.29, 1.82) is 0 Å². The average Bonchev–Trinajstić information content (AvgIpc) is 2.54. The molecule has 0 bridgehead atoms. The van der Waals surface area contributed by atoms with Crippen LogP contribution in [0, 0.1) is 0 Å². The third-order valence-electron chi connectivity index (χ3n) is 4.39. The van der Waals surface area contributed by atoms with Gasteiger partial charge in [0.1, 0.15) is 0 Å². The minimum atomic E-state index is -3.49. The third-order valence-corrected chi connectivity index (χ3v) is 6.33. The number of aliphatic hydroxyl groups excluding tert-OH is 1. The highest BCUT2D eigenvalue weighted by atomic mass is 32.2. The fourth-order valence-electron chi connectivity index (χ4n) is 3.26. The number of sulfonamides is 1. The third kappa shape index (κ3) is 2.85. The van der Waals surface area contributed by atoms with Crippen LogP contribution >= 0.6 is 0 Å². The minimum Gasteiger partial charge on any atom is -0.392 e. The average molecular weight is 311 g/mol. The van der Waals surface area contributed by atoms with E-state index >= 15 is 0 Å². The van der Waals surface area contributed by atoms with E-state index < -0.39 is 10.0 Å². The van der Waals surface area contributed by atoms with Crippen molar-refractivity contribution in [2.75, 3.05) is 13.2 Å². The van der Waals surface area contributed by atoms with E-state index in [1.54, 1.807) is 28.6 Å². The number of hydrogen-bond donors (Lipinski definition) is 1. The lowest BCUT2D eigenvalue weighted by Crippen LogP contribution is -2.54. The molecule has 1 heterocycles. The summed E-state index contributed by atoms with van der Waals surface area (Å²) in [6, 6.07) is 6.44. The maximum absolute atomic E-state index is 12.8. The second-order valence-electron chi connectivity index (χ2n) is 5.68. The van der Waals surface area contributed by atoms with E-state index in [9.17, 15) is 8.42 Å². The zero-order valence-electron chi connectivity index (χ0n) is 11.9. The number of hydrogen-bond acceptors (Lipinski definition) is 4. The van der Waals surface area contributed by atoms with Gasteiger partial charge in [0, 0.05) is 6.54 Å². The van der Waals surface area contributed by atoms with Gasteiger partial charge in [-0.2, -0.15) is 4.31 Å². The Morgan fingerprint density at radius 1 is 1.19 bits per heavy atom. The Kier molecular flexibility index (Phi) is 4.31.